The third-order valence-electron chi connectivity index (χ3n) is 4.44. The molecule has 0 spiro atoms. The molecule has 0 bridgehead atoms. The minimum Gasteiger partial charge on any atom is -0.348 e. The molecule has 0 atom stereocenters. The first-order chi connectivity index (χ1) is 13.0. The van der Waals surface area contributed by atoms with E-state index in [1.165, 1.54) is 19.3 Å². The van der Waals surface area contributed by atoms with Crippen molar-refractivity contribution >= 4 is 17.7 Å². The number of hydrogen-bond acceptors (Lipinski definition) is 5. The topological polar surface area (TPSA) is 95.5 Å². The Labute approximate surface area is 157 Å². The summed E-state index contributed by atoms with van der Waals surface area (Å²) in [6.45, 7) is 3.83. The van der Waals surface area contributed by atoms with Gasteiger partial charge in [-0.05, 0) is 17.7 Å². The number of carbonyl (C=O) groups excluding carboxylic acids is 3. The van der Waals surface area contributed by atoms with Gasteiger partial charge in [0, 0.05) is 64.4 Å². The number of aromatic nitrogens is 2. The van der Waals surface area contributed by atoms with Crippen LogP contribution in [-0.4, -0.2) is 63.7 Å². The summed E-state index contributed by atoms with van der Waals surface area (Å²) in [7, 11) is 0. The number of pyridine rings is 2. The lowest BCUT2D eigenvalue weighted by Gasteiger charge is -2.34. The molecule has 0 unspecified atom stereocenters. The van der Waals surface area contributed by atoms with Crippen LogP contribution in [0.3, 0.4) is 0 Å². The Kier molecular flexibility index (Phi) is 5.75. The molecule has 3 amide bonds. The highest BCUT2D eigenvalue weighted by Crippen LogP contribution is 2.10. The second-order valence-corrected chi connectivity index (χ2v) is 6.30. The van der Waals surface area contributed by atoms with Crippen LogP contribution in [-0.2, 0) is 11.3 Å². The van der Waals surface area contributed by atoms with Gasteiger partial charge in [-0.25, -0.2) is 0 Å². The van der Waals surface area contributed by atoms with Crippen LogP contribution < -0.4 is 5.32 Å². The van der Waals surface area contributed by atoms with Crippen LogP contribution >= 0.6 is 0 Å². The zero-order valence-corrected chi connectivity index (χ0v) is 15.1. The Balaban J connectivity index is 1.62. The monoisotopic (exact) mass is 367 g/mol. The molecule has 140 valence electrons. The first-order valence-corrected chi connectivity index (χ1v) is 8.71. The summed E-state index contributed by atoms with van der Waals surface area (Å²) in [6, 6.07) is 5.21. The van der Waals surface area contributed by atoms with Crippen LogP contribution in [0.25, 0.3) is 0 Å². The van der Waals surface area contributed by atoms with Crippen LogP contribution in [0.1, 0.15) is 33.2 Å². The quantitative estimate of drug-likeness (QED) is 0.859. The average Bonchev–Trinajstić information content (AvgIpc) is 2.72. The molecule has 1 aliphatic heterocycles. The lowest BCUT2D eigenvalue weighted by Crippen LogP contribution is -2.50. The maximum Gasteiger partial charge on any atom is 0.255 e. The third kappa shape index (κ3) is 4.66. The predicted molar refractivity (Wildman–Crippen MR) is 97.8 cm³/mol. The molecule has 2 aromatic heterocycles. The van der Waals surface area contributed by atoms with Gasteiger partial charge in [0.2, 0.25) is 5.91 Å². The predicted octanol–water partition coefficient (Wildman–Crippen LogP) is 0.711. The van der Waals surface area contributed by atoms with Gasteiger partial charge in [-0.15, -0.1) is 0 Å². The largest absolute Gasteiger partial charge is 0.348 e. The van der Waals surface area contributed by atoms with E-state index in [-0.39, 0.29) is 17.7 Å². The van der Waals surface area contributed by atoms with Crippen LogP contribution in [0.5, 0.6) is 0 Å². The molecule has 1 aliphatic rings. The molecule has 2 aromatic rings. The summed E-state index contributed by atoms with van der Waals surface area (Å²) in [4.78, 5) is 47.8. The molecule has 0 aromatic carbocycles. The molecular weight excluding hydrogens is 346 g/mol. The van der Waals surface area contributed by atoms with Crippen molar-refractivity contribution in [1.82, 2.24) is 25.1 Å². The lowest BCUT2D eigenvalue weighted by atomic mass is 10.1. The van der Waals surface area contributed by atoms with Gasteiger partial charge in [0.25, 0.3) is 11.8 Å². The molecule has 0 saturated carbocycles. The van der Waals surface area contributed by atoms with Crippen LogP contribution in [0.2, 0.25) is 0 Å². The second-order valence-electron chi connectivity index (χ2n) is 6.30. The molecule has 1 fully saturated rings. The molecule has 3 heterocycles. The summed E-state index contributed by atoms with van der Waals surface area (Å²) < 4.78 is 0. The van der Waals surface area contributed by atoms with E-state index in [9.17, 15) is 14.4 Å². The Morgan fingerprint density at radius 3 is 2.37 bits per heavy atom. The molecular formula is C19H21N5O3. The Morgan fingerprint density at radius 2 is 1.70 bits per heavy atom. The Morgan fingerprint density at radius 1 is 1.00 bits per heavy atom. The highest BCUT2D eigenvalue weighted by molar-refractivity contribution is 5.99. The maximum atomic E-state index is 12.7. The number of nitrogens with one attached hydrogen (secondary N) is 1. The zero-order valence-electron chi connectivity index (χ0n) is 15.1. The molecule has 0 radical (unpaired) electrons. The van der Waals surface area contributed by atoms with Crippen molar-refractivity contribution in [3.05, 3.63) is 59.7 Å². The SMILES string of the molecule is CC(=O)N1CCN(C(=O)c2cncc(C(=O)NCc3cccnc3)c2)CC1. The van der Waals surface area contributed by atoms with E-state index in [4.69, 9.17) is 0 Å². The smallest absolute Gasteiger partial charge is 0.255 e. The van der Waals surface area contributed by atoms with Crippen molar-refractivity contribution in [2.75, 3.05) is 26.2 Å². The van der Waals surface area contributed by atoms with E-state index >= 15 is 0 Å². The highest BCUT2D eigenvalue weighted by atomic mass is 16.2. The maximum absolute atomic E-state index is 12.7. The van der Waals surface area contributed by atoms with Crippen molar-refractivity contribution < 1.29 is 14.4 Å². The van der Waals surface area contributed by atoms with E-state index in [0.29, 0.717) is 43.9 Å². The van der Waals surface area contributed by atoms with Crippen molar-refractivity contribution in [3.8, 4) is 0 Å². The van der Waals surface area contributed by atoms with Gasteiger partial charge in [-0.3, -0.25) is 24.4 Å². The number of hydrogen-bond donors (Lipinski definition) is 1. The molecule has 0 aliphatic carbocycles. The normalized spacial score (nSPS) is 14.0. The van der Waals surface area contributed by atoms with Gasteiger partial charge in [0.15, 0.2) is 0 Å². The molecule has 1 saturated heterocycles. The van der Waals surface area contributed by atoms with Gasteiger partial charge in [0.05, 0.1) is 11.1 Å². The third-order valence-corrected chi connectivity index (χ3v) is 4.44. The number of piperazine rings is 1. The highest BCUT2D eigenvalue weighted by Gasteiger charge is 2.24. The van der Waals surface area contributed by atoms with Gasteiger partial charge in [0.1, 0.15) is 0 Å². The first-order valence-electron chi connectivity index (χ1n) is 8.71. The fourth-order valence-electron chi connectivity index (χ4n) is 2.88. The lowest BCUT2D eigenvalue weighted by molar-refractivity contribution is -0.130. The van der Waals surface area contributed by atoms with Crippen molar-refractivity contribution in [2.24, 2.45) is 0 Å². The standard InChI is InChI=1S/C19H21N5O3/c1-14(25)23-5-7-24(8-6-23)19(27)17-9-16(12-21-13-17)18(26)22-11-15-3-2-4-20-10-15/h2-4,9-10,12-13H,5-8,11H2,1H3,(H,22,26). The minimum atomic E-state index is -0.303. The molecule has 1 N–H and O–H groups in total. The van der Waals surface area contributed by atoms with Gasteiger partial charge in [-0.1, -0.05) is 6.07 Å². The van der Waals surface area contributed by atoms with Crippen LogP contribution in [0.4, 0.5) is 0 Å². The van der Waals surface area contributed by atoms with Crippen LogP contribution in [0, 0.1) is 0 Å². The summed E-state index contributed by atoms with van der Waals surface area (Å²) in [5.74, 6) is -0.480. The summed E-state index contributed by atoms with van der Waals surface area (Å²) in [6.07, 6.45) is 6.24. The van der Waals surface area contributed by atoms with Gasteiger partial charge >= 0.3 is 0 Å². The number of rotatable bonds is 4. The zero-order chi connectivity index (χ0) is 19.2. The van der Waals surface area contributed by atoms with E-state index < -0.39 is 0 Å². The second kappa shape index (κ2) is 8.39. The van der Waals surface area contributed by atoms with E-state index in [2.05, 4.69) is 15.3 Å². The van der Waals surface area contributed by atoms with Crippen molar-refractivity contribution in [3.63, 3.8) is 0 Å². The summed E-state index contributed by atoms with van der Waals surface area (Å²) >= 11 is 0. The number of amides is 3. The summed E-state index contributed by atoms with van der Waals surface area (Å²) in [5.41, 5.74) is 1.57. The fraction of sp³-hybridized carbons (Fsp3) is 0.316. The van der Waals surface area contributed by atoms with E-state index in [1.807, 2.05) is 6.07 Å². The Hall–Kier alpha value is -3.29. The molecule has 8 heteroatoms. The summed E-state index contributed by atoms with van der Waals surface area (Å²) in [5, 5.41) is 2.79. The first kappa shape index (κ1) is 18.5. The van der Waals surface area contributed by atoms with E-state index in [0.717, 1.165) is 5.56 Å². The Bertz CT molecular complexity index is 832. The minimum absolute atomic E-state index is 0.0102. The van der Waals surface area contributed by atoms with Gasteiger partial charge < -0.3 is 15.1 Å². The molecule has 3 rings (SSSR count). The van der Waals surface area contributed by atoms with E-state index in [1.54, 1.807) is 34.3 Å². The van der Waals surface area contributed by atoms with Crippen LogP contribution in [0.15, 0.2) is 43.0 Å². The number of carbonyl (C=O) groups is 3. The molecule has 8 nitrogen and oxygen atoms in total. The average molecular weight is 367 g/mol. The molecule has 27 heavy (non-hydrogen) atoms. The number of nitrogens with zero attached hydrogens (tertiary/aromatic N) is 4. The fourth-order valence-corrected chi connectivity index (χ4v) is 2.88. The van der Waals surface area contributed by atoms with Gasteiger partial charge in [-0.2, -0.15) is 0 Å². The van der Waals surface area contributed by atoms with Crippen molar-refractivity contribution in [2.45, 2.75) is 13.5 Å². The van der Waals surface area contributed by atoms with Crippen molar-refractivity contribution in [1.29, 1.82) is 0 Å².